The van der Waals surface area contributed by atoms with Crippen LogP contribution in [0.4, 0.5) is 21.6 Å². The second kappa shape index (κ2) is 5.15. The molecule has 0 radical (unpaired) electrons. The van der Waals surface area contributed by atoms with Crippen LogP contribution in [0.15, 0.2) is 30.5 Å². The van der Waals surface area contributed by atoms with Crippen LogP contribution in [0, 0.1) is 15.9 Å². The Hall–Kier alpha value is -2.28. The first-order valence-electron chi connectivity index (χ1n) is 5.15. The average molecular weight is 283 g/mol. The second-order valence-electron chi connectivity index (χ2n) is 3.64. The van der Waals surface area contributed by atoms with E-state index in [2.05, 4.69) is 9.97 Å². The third-order valence-corrected chi connectivity index (χ3v) is 2.64. The van der Waals surface area contributed by atoms with Crippen LogP contribution < -0.4 is 4.90 Å². The Morgan fingerprint density at radius 3 is 2.58 bits per heavy atom. The van der Waals surface area contributed by atoms with Crippen LogP contribution in [-0.2, 0) is 0 Å². The van der Waals surface area contributed by atoms with E-state index in [1.807, 2.05) is 0 Å². The van der Waals surface area contributed by atoms with Gasteiger partial charge in [-0.15, -0.1) is 0 Å². The predicted octanol–water partition coefficient (Wildman–Crippen LogP) is 2.95. The Balaban J connectivity index is 2.35. The maximum atomic E-state index is 13.6. The normalized spacial score (nSPS) is 10.3. The molecule has 0 amide bonds. The van der Waals surface area contributed by atoms with E-state index >= 15 is 0 Å². The topological polar surface area (TPSA) is 72.2 Å². The van der Waals surface area contributed by atoms with Gasteiger partial charge in [-0.25, -0.2) is 9.37 Å². The molecule has 1 heterocycles. The number of anilines is 2. The molecule has 2 aromatic rings. The maximum absolute atomic E-state index is 13.6. The lowest BCUT2D eigenvalue weighted by Gasteiger charge is -2.18. The highest BCUT2D eigenvalue weighted by molar-refractivity contribution is 6.28. The summed E-state index contributed by atoms with van der Waals surface area (Å²) >= 11 is 5.61. The zero-order chi connectivity index (χ0) is 14.0. The number of nitro groups is 1. The molecule has 0 fully saturated rings. The number of hydrogen-bond acceptors (Lipinski definition) is 5. The average Bonchev–Trinajstić information content (AvgIpc) is 2.41. The van der Waals surface area contributed by atoms with Crippen molar-refractivity contribution in [2.24, 2.45) is 0 Å². The van der Waals surface area contributed by atoms with E-state index in [1.165, 1.54) is 29.2 Å². The molecule has 0 unspecified atom stereocenters. The van der Waals surface area contributed by atoms with Gasteiger partial charge in [0.1, 0.15) is 0 Å². The second-order valence-corrected chi connectivity index (χ2v) is 3.98. The summed E-state index contributed by atoms with van der Waals surface area (Å²) in [5.41, 5.74) is 0.498. The van der Waals surface area contributed by atoms with Gasteiger partial charge >= 0.3 is 0 Å². The van der Waals surface area contributed by atoms with Crippen molar-refractivity contribution in [1.29, 1.82) is 0 Å². The van der Waals surface area contributed by atoms with Crippen molar-refractivity contribution in [3.63, 3.8) is 0 Å². The predicted molar refractivity (Wildman–Crippen MR) is 68.2 cm³/mol. The van der Waals surface area contributed by atoms with E-state index in [9.17, 15) is 14.5 Å². The van der Waals surface area contributed by atoms with Gasteiger partial charge in [0.2, 0.25) is 5.28 Å². The Morgan fingerprint density at radius 1 is 1.37 bits per heavy atom. The maximum Gasteiger partial charge on any atom is 0.269 e. The van der Waals surface area contributed by atoms with Gasteiger partial charge in [-0.1, -0.05) is 0 Å². The molecule has 1 aromatic heterocycles. The molecule has 0 atom stereocenters. The molecule has 1 aromatic carbocycles. The minimum absolute atomic E-state index is 0.00569. The van der Waals surface area contributed by atoms with Crippen molar-refractivity contribution in [1.82, 2.24) is 9.97 Å². The number of nitrogens with zero attached hydrogens (tertiary/aromatic N) is 4. The van der Waals surface area contributed by atoms with E-state index in [4.69, 9.17) is 11.6 Å². The summed E-state index contributed by atoms with van der Waals surface area (Å²) < 4.78 is 13.6. The standard InChI is InChI=1S/C11H8ClFN4O2/c1-16(10-9(13)6-14-11(12)15-10)7-2-4-8(5-3-7)17(18)19/h2-6H,1H3. The van der Waals surface area contributed by atoms with Crippen molar-refractivity contribution >= 4 is 28.8 Å². The fourth-order valence-electron chi connectivity index (χ4n) is 1.49. The fourth-order valence-corrected chi connectivity index (χ4v) is 1.62. The summed E-state index contributed by atoms with van der Waals surface area (Å²) in [6.07, 6.45) is 0.965. The lowest BCUT2D eigenvalue weighted by atomic mass is 10.2. The molecule has 0 N–H and O–H groups in total. The van der Waals surface area contributed by atoms with Gasteiger partial charge in [-0.2, -0.15) is 4.98 Å². The molecule has 8 heteroatoms. The van der Waals surface area contributed by atoms with Gasteiger partial charge in [0, 0.05) is 24.9 Å². The highest BCUT2D eigenvalue weighted by Gasteiger charge is 2.14. The minimum atomic E-state index is -0.634. The van der Waals surface area contributed by atoms with Crippen molar-refractivity contribution in [3.05, 3.63) is 51.7 Å². The van der Waals surface area contributed by atoms with Crippen LogP contribution >= 0.6 is 11.6 Å². The molecule has 0 aliphatic carbocycles. The molecule has 19 heavy (non-hydrogen) atoms. The quantitative estimate of drug-likeness (QED) is 0.492. The summed E-state index contributed by atoms with van der Waals surface area (Å²) in [6.45, 7) is 0. The van der Waals surface area contributed by atoms with Crippen molar-refractivity contribution < 1.29 is 9.31 Å². The third kappa shape index (κ3) is 2.76. The van der Waals surface area contributed by atoms with Gasteiger partial charge in [-0.3, -0.25) is 10.1 Å². The molecular weight excluding hydrogens is 275 g/mol. The van der Waals surface area contributed by atoms with Crippen LogP contribution in [0.1, 0.15) is 0 Å². The monoisotopic (exact) mass is 282 g/mol. The first-order valence-corrected chi connectivity index (χ1v) is 5.53. The number of non-ortho nitro benzene ring substituents is 1. The number of nitro benzene ring substituents is 1. The Bertz CT molecular complexity index is 621. The smallest absolute Gasteiger partial charge is 0.269 e. The van der Waals surface area contributed by atoms with Gasteiger partial charge < -0.3 is 4.90 Å². The highest BCUT2D eigenvalue weighted by atomic mass is 35.5. The van der Waals surface area contributed by atoms with Crippen molar-refractivity contribution in [2.75, 3.05) is 11.9 Å². The molecule has 2 rings (SSSR count). The van der Waals surface area contributed by atoms with E-state index in [0.29, 0.717) is 5.69 Å². The van der Waals surface area contributed by atoms with Gasteiger partial charge in [0.05, 0.1) is 11.1 Å². The first-order chi connectivity index (χ1) is 8.99. The number of aromatic nitrogens is 2. The molecular formula is C11H8ClFN4O2. The highest BCUT2D eigenvalue weighted by Crippen LogP contribution is 2.26. The lowest BCUT2D eigenvalue weighted by molar-refractivity contribution is -0.384. The molecule has 6 nitrogen and oxygen atoms in total. The van der Waals surface area contributed by atoms with Crippen LogP contribution in [0.25, 0.3) is 0 Å². The zero-order valence-corrected chi connectivity index (χ0v) is 10.5. The fraction of sp³-hybridized carbons (Fsp3) is 0.0909. The van der Waals surface area contributed by atoms with Gasteiger partial charge in [0.25, 0.3) is 5.69 Å². The molecule has 0 bridgehead atoms. The van der Waals surface area contributed by atoms with Crippen LogP contribution in [0.5, 0.6) is 0 Å². The molecule has 0 aliphatic heterocycles. The van der Waals surface area contributed by atoms with Crippen LogP contribution in [0.3, 0.4) is 0 Å². The largest absolute Gasteiger partial charge is 0.327 e. The van der Waals surface area contributed by atoms with Crippen LogP contribution in [-0.4, -0.2) is 21.9 Å². The number of benzene rings is 1. The first kappa shape index (κ1) is 13.2. The summed E-state index contributed by atoms with van der Waals surface area (Å²) in [4.78, 5) is 18.8. The third-order valence-electron chi connectivity index (χ3n) is 2.46. The van der Waals surface area contributed by atoms with Gasteiger partial charge in [0.15, 0.2) is 11.6 Å². The van der Waals surface area contributed by atoms with Crippen molar-refractivity contribution in [2.45, 2.75) is 0 Å². The Morgan fingerprint density at radius 2 is 2.00 bits per heavy atom. The molecule has 0 spiro atoms. The summed E-state index contributed by atoms with van der Waals surface area (Å²) in [5.74, 6) is -0.640. The minimum Gasteiger partial charge on any atom is -0.327 e. The summed E-state index contributed by atoms with van der Waals surface area (Å²) in [5, 5.41) is 10.5. The molecule has 0 saturated heterocycles. The van der Waals surface area contributed by atoms with E-state index in [0.717, 1.165) is 6.20 Å². The zero-order valence-electron chi connectivity index (χ0n) is 9.75. The van der Waals surface area contributed by atoms with Crippen LogP contribution in [0.2, 0.25) is 5.28 Å². The Labute approximate surface area is 112 Å². The van der Waals surface area contributed by atoms with Crippen molar-refractivity contribution in [3.8, 4) is 0 Å². The number of hydrogen-bond donors (Lipinski definition) is 0. The van der Waals surface area contributed by atoms with E-state index in [1.54, 1.807) is 7.05 Å². The summed E-state index contributed by atoms with van der Waals surface area (Å²) in [6, 6.07) is 5.64. The van der Waals surface area contributed by atoms with E-state index in [-0.39, 0.29) is 16.8 Å². The Kier molecular flexibility index (Phi) is 3.57. The molecule has 98 valence electrons. The molecule has 0 aliphatic rings. The summed E-state index contributed by atoms with van der Waals surface area (Å²) in [7, 11) is 1.57. The SMILES string of the molecule is CN(c1ccc([N+](=O)[O-])cc1)c1nc(Cl)ncc1F. The number of rotatable bonds is 3. The number of halogens is 2. The van der Waals surface area contributed by atoms with E-state index < -0.39 is 10.7 Å². The molecule has 0 saturated carbocycles. The van der Waals surface area contributed by atoms with Gasteiger partial charge in [-0.05, 0) is 23.7 Å². The lowest BCUT2D eigenvalue weighted by Crippen LogP contribution is -2.13.